The summed E-state index contributed by atoms with van der Waals surface area (Å²) in [5.74, 6) is 0.689. The lowest BCUT2D eigenvalue weighted by atomic mass is 10.1. The molecule has 2 aliphatic heterocycles. The number of nitrogens with one attached hydrogen (secondary N) is 2. The van der Waals surface area contributed by atoms with Crippen LogP contribution in [0, 0.1) is 5.82 Å². The third kappa shape index (κ3) is 4.60. The second-order valence-electron chi connectivity index (χ2n) is 7.43. The van der Waals surface area contributed by atoms with Crippen molar-refractivity contribution in [2.24, 2.45) is 0 Å². The van der Waals surface area contributed by atoms with Crippen LogP contribution >= 0.6 is 11.6 Å². The number of ether oxygens (including phenoxy) is 2. The van der Waals surface area contributed by atoms with Crippen molar-refractivity contribution in [2.75, 3.05) is 31.6 Å². The molecule has 1 aromatic carbocycles. The van der Waals surface area contributed by atoms with E-state index in [4.69, 9.17) is 21.1 Å². The molecular weight excluding hydrogens is 411 g/mol. The molecule has 9 heteroatoms. The largest absolute Gasteiger partial charge is 0.487 e. The molecule has 7 nitrogen and oxygen atoms in total. The molecule has 2 aromatic rings. The SMILES string of the molecule is COc1nc(N2CC(Oc3ccc(Cl)cc3)C2)c(F)cc1CNC(=O)[C@@H]1CCCN1. The summed E-state index contributed by atoms with van der Waals surface area (Å²) >= 11 is 5.88. The van der Waals surface area contributed by atoms with Crippen LogP contribution in [0.3, 0.4) is 0 Å². The van der Waals surface area contributed by atoms with Crippen LogP contribution in [-0.4, -0.2) is 49.8 Å². The molecule has 0 spiro atoms. The van der Waals surface area contributed by atoms with E-state index in [0.717, 1.165) is 25.1 Å². The van der Waals surface area contributed by atoms with E-state index in [1.165, 1.54) is 13.2 Å². The van der Waals surface area contributed by atoms with E-state index in [1.807, 2.05) is 0 Å². The van der Waals surface area contributed by atoms with Crippen LogP contribution in [0.1, 0.15) is 18.4 Å². The number of hydrogen-bond acceptors (Lipinski definition) is 6. The predicted molar refractivity (Wildman–Crippen MR) is 112 cm³/mol. The maximum absolute atomic E-state index is 14.7. The van der Waals surface area contributed by atoms with E-state index in [0.29, 0.717) is 29.6 Å². The zero-order chi connectivity index (χ0) is 21.1. The normalized spacial score (nSPS) is 18.8. The van der Waals surface area contributed by atoms with Gasteiger partial charge in [0.2, 0.25) is 11.8 Å². The minimum absolute atomic E-state index is 0.0590. The lowest BCUT2D eigenvalue weighted by Crippen LogP contribution is -2.54. The van der Waals surface area contributed by atoms with Gasteiger partial charge in [0.15, 0.2) is 11.6 Å². The van der Waals surface area contributed by atoms with E-state index < -0.39 is 5.82 Å². The van der Waals surface area contributed by atoms with Gasteiger partial charge in [-0.3, -0.25) is 4.79 Å². The first-order valence-corrected chi connectivity index (χ1v) is 10.3. The van der Waals surface area contributed by atoms with Crippen molar-refractivity contribution in [1.29, 1.82) is 0 Å². The predicted octanol–water partition coefficient (Wildman–Crippen LogP) is 2.52. The Morgan fingerprint density at radius 3 is 2.80 bits per heavy atom. The van der Waals surface area contributed by atoms with Crippen molar-refractivity contribution in [3.8, 4) is 11.6 Å². The number of hydrogen-bond donors (Lipinski definition) is 2. The molecule has 0 radical (unpaired) electrons. The third-order valence-corrected chi connectivity index (χ3v) is 5.54. The quantitative estimate of drug-likeness (QED) is 0.697. The van der Waals surface area contributed by atoms with Crippen LogP contribution in [0.15, 0.2) is 30.3 Å². The zero-order valence-electron chi connectivity index (χ0n) is 16.7. The maximum atomic E-state index is 14.7. The van der Waals surface area contributed by atoms with Gasteiger partial charge in [-0.1, -0.05) is 11.6 Å². The van der Waals surface area contributed by atoms with E-state index >= 15 is 0 Å². The number of halogens is 2. The van der Waals surface area contributed by atoms with Crippen LogP contribution in [0.2, 0.25) is 5.02 Å². The number of aromatic nitrogens is 1. The first-order chi connectivity index (χ1) is 14.5. The van der Waals surface area contributed by atoms with E-state index in [2.05, 4.69) is 15.6 Å². The van der Waals surface area contributed by atoms with Gasteiger partial charge >= 0.3 is 0 Å². The first-order valence-electron chi connectivity index (χ1n) is 9.95. The molecular formula is C21H24ClFN4O3. The van der Waals surface area contributed by atoms with Crippen molar-refractivity contribution >= 4 is 23.3 Å². The highest BCUT2D eigenvalue weighted by Gasteiger charge is 2.32. The van der Waals surface area contributed by atoms with Crippen molar-refractivity contribution in [1.82, 2.24) is 15.6 Å². The van der Waals surface area contributed by atoms with E-state index in [9.17, 15) is 9.18 Å². The number of methoxy groups -OCH3 is 1. The summed E-state index contributed by atoms with van der Waals surface area (Å²) in [5, 5.41) is 6.61. The Balaban J connectivity index is 1.36. The molecule has 0 saturated carbocycles. The average Bonchev–Trinajstić information content (AvgIpc) is 3.25. The number of amides is 1. The standard InChI is InChI=1S/C21H24ClFN4O3/c1-29-21-13(10-25-20(28)18-3-2-8-24-18)9-17(23)19(26-21)27-11-16(12-27)30-15-6-4-14(22)5-7-15/h4-7,9,16,18,24H,2-3,8,10-12H2,1H3,(H,25,28)/t18-/m0/s1. The van der Waals surface area contributed by atoms with Gasteiger partial charge in [0.25, 0.3) is 0 Å². The van der Waals surface area contributed by atoms with Gasteiger partial charge in [-0.05, 0) is 49.7 Å². The molecule has 0 unspecified atom stereocenters. The molecule has 3 heterocycles. The number of nitrogens with zero attached hydrogens (tertiary/aromatic N) is 2. The summed E-state index contributed by atoms with van der Waals surface area (Å²) in [4.78, 5) is 18.3. The van der Waals surface area contributed by atoms with Gasteiger partial charge in [0, 0.05) is 17.1 Å². The number of anilines is 1. The van der Waals surface area contributed by atoms with Gasteiger partial charge in [0.05, 0.1) is 26.2 Å². The molecule has 160 valence electrons. The second kappa shape index (κ2) is 9.06. The molecule has 1 amide bonds. The van der Waals surface area contributed by atoms with Crippen molar-refractivity contribution in [2.45, 2.75) is 31.5 Å². The Bertz CT molecular complexity index is 900. The molecule has 2 N–H and O–H groups in total. The Morgan fingerprint density at radius 2 is 2.13 bits per heavy atom. The van der Waals surface area contributed by atoms with Crippen molar-refractivity contribution in [3.63, 3.8) is 0 Å². The molecule has 30 heavy (non-hydrogen) atoms. The highest BCUT2D eigenvalue weighted by Crippen LogP contribution is 2.29. The summed E-state index contributed by atoms with van der Waals surface area (Å²) in [6.07, 6.45) is 1.73. The Morgan fingerprint density at radius 1 is 1.37 bits per heavy atom. The number of carbonyl (C=O) groups is 1. The number of carbonyl (C=O) groups excluding carboxylic acids is 1. The molecule has 2 fully saturated rings. The number of benzene rings is 1. The van der Waals surface area contributed by atoms with Crippen LogP contribution in [0.4, 0.5) is 10.2 Å². The van der Waals surface area contributed by atoms with Crippen LogP contribution in [0.5, 0.6) is 11.6 Å². The average molecular weight is 435 g/mol. The Hall–Kier alpha value is -2.58. The Kier molecular flexibility index (Phi) is 6.24. The Labute approximate surface area is 179 Å². The third-order valence-electron chi connectivity index (χ3n) is 5.28. The minimum atomic E-state index is -0.455. The van der Waals surface area contributed by atoms with Crippen LogP contribution < -0.4 is 25.0 Å². The number of rotatable bonds is 7. The molecule has 0 bridgehead atoms. The fourth-order valence-electron chi connectivity index (χ4n) is 3.63. The molecule has 1 atom stereocenters. The first kappa shape index (κ1) is 20.7. The van der Waals surface area contributed by atoms with Gasteiger partial charge in [-0.25, -0.2) is 4.39 Å². The van der Waals surface area contributed by atoms with Crippen molar-refractivity contribution in [3.05, 3.63) is 46.7 Å². The maximum Gasteiger partial charge on any atom is 0.237 e. The van der Waals surface area contributed by atoms with Crippen LogP contribution in [-0.2, 0) is 11.3 Å². The van der Waals surface area contributed by atoms with Gasteiger partial charge in [-0.15, -0.1) is 0 Å². The topological polar surface area (TPSA) is 75.7 Å². The molecule has 0 aliphatic carbocycles. The van der Waals surface area contributed by atoms with Gasteiger partial charge in [0.1, 0.15) is 11.9 Å². The molecule has 4 rings (SSSR count). The zero-order valence-corrected chi connectivity index (χ0v) is 17.4. The molecule has 2 saturated heterocycles. The fourth-order valence-corrected chi connectivity index (χ4v) is 3.76. The molecule has 2 aliphatic rings. The summed E-state index contributed by atoms with van der Waals surface area (Å²) < 4.78 is 25.9. The highest BCUT2D eigenvalue weighted by atomic mass is 35.5. The second-order valence-corrected chi connectivity index (χ2v) is 7.86. The summed E-state index contributed by atoms with van der Waals surface area (Å²) in [5.41, 5.74) is 0.500. The monoisotopic (exact) mass is 434 g/mol. The van der Waals surface area contributed by atoms with Gasteiger partial charge < -0.3 is 25.0 Å². The van der Waals surface area contributed by atoms with Crippen LogP contribution in [0.25, 0.3) is 0 Å². The van der Waals surface area contributed by atoms with E-state index in [1.54, 1.807) is 29.2 Å². The summed E-state index contributed by atoms with van der Waals surface area (Å²) in [7, 11) is 1.48. The highest BCUT2D eigenvalue weighted by molar-refractivity contribution is 6.30. The molecule has 1 aromatic heterocycles. The van der Waals surface area contributed by atoms with E-state index in [-0.39, 0.29) is 30.4 Å². The van der Waals surface area contributed by atoms with Gasteiger partial charge in [-0.2, -0.15) is 4.98 Å². The summed E-state index contributed by atoms with van der Waals surface area (Å²) in [6, 6.07) is 8.32. The van der Waals surface area contributed by atoms with Crippen molar-refractivity contribution < 1.29 is 18.7 Å². The number of pyridine rings is 1. The smallest absolute Gasteiger partial charge is 0.237 e. The minimum Gasteiger partial charge on any atom is -0.487 e. The lowest BCUT2D eigenvalue weighted by molar-refractivity contribution is -0.122. The summed E-state index contributed by atoms with van der Waals surface area (Å²) in [6.45, 7) is 2.02. The lowest BCUT2D eigenvalue weighted by Gasteiger charge is -2.40. The fraction of sp³-hybridized carbons (Fsp3) is 0.429.